The zero-order valence-electron chi connectivity index (χ0n) is 22.4. The Morgan fingerprint density at radius 1 is 0.949 bits per heavy atom. The summed E-state index contributed by atoms with van der Waals surface area (Å²) in [4.78, 5) is 28.9. The van der Waals surface area contributed by atoms with Gasteiger partial charge in [-0.3, -0.25) is 13.9 Å². The largest absolute Gasteiger partial charge is 0.350 e. The minimum Gasteiger partial charge on any atom is -0.350 e. The van der Waals surface area contributed by atoms with E-state index in [1.807, 2.05) is 27.7 Å². The Morgan fingerprint density at radius 2 is 1.54 bits per heavy atom. The highest BCUT2D eigenvalue weighted by Gasteiger charge is 2.34. The van der Waals surface area contributed by atoms with Gasteiger partial charge in [0.2, 0.25) is 11.8 Å². The molecule has 0 spiro atoms. The van der Waals surface area contributed by atoms with Crippen molar-refractivity contribution in [3.05, 3.63) is 93.9 Å². The molecule has 0 saturated carbocycles. The molecule has 0 aliphatic rings. The van der Waals surface area contributed by atoms with Crippen molar-refractivity contribution in [1.82, 2.24) is 10.2 Å². The van der Waals surface area contributed by atoms with Crippen LogP contribution in [0.1, 0.15) is 39.7 Å². The quantitative estimate of drug-likeness (QED) is 0.296. The SMILES string of the molecule is CC[C@@H](C(=O)NC(C)(C)C)N(Cc1ccccc1Cl)C(=O)CN(c1ccc(Br)cc1)S(=O)(=O)c1ccccc1. The molecule has 0 saturated heterocycles. The highest BCUT2D eigenvalue weighted by molar-refractivity contribution is 9.10. The van der Waals surface area contributed by atoms with Crippen LogP contribution in [0, 0.1) is 0 Å². The molecule has 3 aromatic carbocycles. The van der Waals surface area contributed by atoms with Crippen molar-refractivity contribution in [1.29, 1.82) is 0 Å². The smallest absolute Gasteiger partial charge is 0.264 e. The number of hydrogen-bond donors (Lipinski definition) is 1. The van der Waals surface area contributed by atoms with Gasteiger partial charge in [-0.05, 0) is 75.2 Å². The third-order valence-electron chi connectivity index (χ3n) is 5.91. The van der Waals surface area contributed by atoms with Crippen LogP contribution in [0.15, 0.2) is 88.2 Å². The molecule has 7 nitrogen and oxygen atoms in total. The average molecular weight is 635 g/mol. The molecule has 39 heavy (non-hydrogen) atoms. The maximum atomic E-state index is 14.0. The maximum Gasteiger partial charge on any atom is 0.264 e. The minimum absolute atomic E-state index is 0.0359. The van der Waals surface area contributed by atoms with E-state index in [9.17, 15) is 18.0 Å². The zero-order valence-corrected chi connectivity index (χ0v) is 25.6. The fourth-order valence-electron chi connectivity index (χ4n) is 4.04. The fourth-order valence-corrected chi connectivity index (χ4v) is 5.93. The zero-order chi connectivity index (χ0) is 28.8. The van der Waals surface area contributed by atoms with Crippen LogP contribution < -0.4 is 9.62 Å². The van der Waals surface area contributed by atoms with Gasteiger partial charge in [-0.1, -0.05) is 70.9 Å². The second kappa shape index (κ2) is 13.0. The summed E-state index contributed by atoms with van der Waals surface area (Å²) in [6.45, 7) is 6.92. The Balaban J connectivity index is 2.07. The lowest BCUT2D eigenvalue weighted by Crippen LogP contribution is -2.55. The summed E-state index contributed by atoms with van der Waals surface area (Å²) >= 11 is 9.80. The van der Waals surface area contributed by atoms with Crippen molar-refractivity contribution in [2.24, 2.45) is 0 Å². The Morgan fingerprint density at radius 3 is 2.10 bits per heavy atom. The van der Waals surface area contributed by atoms with Crippen LogP contribution in [-0.4, -0.2) is 43.3 Å². The van der Waals surface area contributed by atoms with Gasteiger partial charge in [0.1, 0.15) is 12.6 Å². The lowest BCUT2D eigenvalue weighted by atomic mass is 10.1. The Kier molecular flexibility index (Phi) is 10.2. The number of carbonyl (C=O) groups excluding carboxylic acids is 2. The predicted octanol–water partition coefficient (Wildman–Crippen LogP) is 6.02. The van der Waals surface area contributed by atoms with Crippen LogP contribution in [0.5, 0.6) is 0 Å². The summed E-state index contributed by atoms with van der Waals surface area (Å²) in [5.74, 6) is -0.861. The minimum atomic E-state index is -4.11. The van der Waals surface area contributed by atoms with Gasteiger partial charge in [0.05, 0.1) is 10.6 Å². The van der Waals surface area contributed by atoms with E-state index < -0.39 is 34.1 Å². The molecule has 0 aliphatic carbocycles. The third-order valence-corrected chi connectivity index (χ3v) is 8.59. The van der Waals surface area contributed by atoms with Gasteiger partial charge in [-0.25, -0.2) is 8.42 Å². The Labute approximate surface area is 244 Å². The van der Waals surface area contributed by atoms with E-state index in [0.717, 1.165) is 8.78 Å². The summed E-state index contributed by atoms with van der Waals surface area (Å²) in [5, 5.41) is 3.40. The van der Waals surface area contributed by atoms with Crippen molar-refractivity contribution in [3.63, 3.8) is 0 Å². The average Bonchev–Trinajstić information content (AvgIpc) is 2.88. The number of sulfonamides is 1. The molecule has 0 aromatic heterocycles. The van der Waals surface area contributed by atoms with E-state index >= 15 is 0 Å². The van der Waals surface area contributed by atoms with E-state index in [0.29, 0.717) is 22.7 Å². The van der Waals surface area contributed by atoms with E-state index in [2.05, 4.69) is 21.2 Å². The molecule has 2 amide bonds. The van der Waals surface area contributed by atoms with Crippen molar-refractivity contribution in [2.75, 3.05) is 10.8 Å². The first kappa shape index (κ1) is 30.7. The van der Waals surface area contributed by atoms with E-state index in [-0.39, 0.29) is 17.3 Å². The van der Waals surface area contributed by atoms with Crippen LogP contribution >= 0.6 is 27.5 Å². The van der Waals surface area contributed by atoms with E-state index in [1.165, 1.54) is 17.0 Å². The molecule has 10 heteroatoms. The number of rotatable bonds is 10. The standard InChI is InChI=1S/C29H33BrClN3O4S/c1-5-26(28(36)32-29(2,3)4)33(19-21-11-9-10-14-25(21)31)27(35)20-34(23-17-15-22(30)16-18-23)39(37,38)24-12-7-6-8-13-24/h6-18,26H,5,19-20H2,1-4H3,(H,32,36)/t26-/m0/s1. The Bertz CT molecular complexity index is 1390. The second-order valence-electron chi connectivity index (χ2n) is 10.1. The molecule has 208 valence electrons. The summed E-state index contributed by atoms with van der Waals surface area (Å²) in [6, 6.07) is 20.8. The molecule has 0 heterocycles. The van der Waals surface area contributed by atoms with Gasteiger partial charge in [0.15, 0.2) is 0 Å². The Hall–Kier alpha value is -2.88. The fraction of sp³-hybridized carbons (Fsp3) is 0.310. The monoisotopic (exact) mass is 633 g/mol. The normalized spacial score (nSPS) is 12.5. The van der Waals surface area contributed by atoms with Crippen molar-refractivity contribution in [2.45, 2.75) is 57.1 Å². The van der Waals surface area contributed by atoms with Crippen molar-refractivity contribution < 1.29 is 18.0 Å². The van der Waals surface area contributed by atoms with Gasteiger partial charge in [-0.2, -0.15) is 0 Å². The molecule has 0 unspecified atom stereocenters. The number of halogens is 2. The summed E-state index contributed by atoms with van der Waals surface area (Å²) in [5.41, 5.74) is 0.444. The van der Waals surface area contributed by atoms with E-state index in [4.69, 9.17) is 11.6 Å². The van der Waals surface area contributed by atoms with Crippen LogP contribution in [-0.2, 0) is 26.2 Å². The number of anilines is 1. The summed E-state index contributed by atoms with van der Waals surface area (Å²) < 4.78 is 29.4. The van der Waals surface area contributed by atoms with Crippen molar-refractivity contribution >= 4 is 55.1 Å². The molecule has 0 radical (unpaired) electrons. The second-order valence-corrected chi connectivity index (χ2v) is 13.3. The molecular formula is C29H33BrClN3O4S. The summed E-state index contributed by atoms with van der Waals surface area (Å²) in [7, 11) is -4.11. The highest BCUT2D eigenvalue weighted by Crippen LogP contribution is 2.27. The van der Waals surface area contributed by atoms with Crippen LogP contribution in [0.25, 0.3) is 0 Å². The molecule has 3 aromatic rings. The predicted molar refractivity (Wildman–Crippen MR) is 159 cm³/mol. The molecule has 1 atom stereocenters. The van der Waals surface area contributed by atoms with Crippen LogP contribution in [0.2, 0.25) is 5.02 Å². The van der Waals surface area contributed by atoms with Crippen LogP contribution in [0.4, 0.5) is 5.69 Å². The van der Waals surface area contributed by atoms with Gasteiger partial charge in [0.25, 0.3) is 10.0 Å². The topological polar surface area (TPSA) is 86.8 Å². The van der Waals surface area contributed by atoms with Gasteiger partial charge in [0, 0.05) is 21.6 Å². The number of benzene rings is 3. The first-order valence-corrected chi connectivity index (χ1v) is 15.1. The van der Waals surface area contributed by atoms with Gasteiger partial charge < -0.3 is 10.2 Å². The highest BCUT2D eigenvalue weighted by atomic mass is 79.9. The number of nitrogens with one attached hydrogen (secondary N) is 1. The molecule has 0 fully saturated rings. The number of hydrogen-bond acceptors (Lipinski definition) is 4. The van der Waals surface area contributed by atoms with Gasteiger partial charge >= 0.3 is 0 Å². The number of amides is 2. The summed E-state index contributed by atoms with van der Waals surface area (Å²) in [6.07, 6.45) is 0.321. The molecule has 0 aliphatic heterocycles. The number of nitrogens with zero attached hydrogens (tertiary/aromatic N) is 2. The first-order chi connectivity index (χ1) is 18.3. The molecule has 3 rings (SSSR count). The maximum absolute atomic E-state index is 14.0. The van der Waals surface area contributed by atoms with Crippen LogP contribution in [0.3, 0.4) is 0 Å². The number of carbonyl (C=O) groups is 2. The van der Waals surface area contributed by atoms with Gasteiger partial charge in [-0.15, -0.1) is 0 Å². The molecule has 0 bridgehead atoms. The lowest BCUT2D eigenvalue weighted by Gasteiger charge is -2.35. The third kappa shape index (κ3) is 8.06. The van der Waals surface area contributed by atoms with E-state index in [1.54, 1.807) is 66.7 Å². The van der Waals surface area contributed by atoms with Crippen molar-refractivity contribution in [3.8, 4) is 0 Å². The molecule has 1 N–H and O–H groups in total. The molecular weight excluding hydrogens is 602 g/mol. The lowest BCUT2D eigenvalue weighted by molar-refractivity contribution is -0.141. The first-order valence-electron chi connectivity index (χ1n) is 12.5.